The number of nitrogens with one attached hydrogen (secondary N) is 1. The highest BCUT2D eigenvalue weighted by Crippen LogP contribution is 2.23. The number of rotatable bonds is 2. The summed E-state index contributed by atoms with van der Waals surface area (Å²) >= 11 is 5.80. The zero-order chi connectivity index (χ0) is 13.0. The predicted octanol–water partition coefficient (Wildman–Crippen LogP) is 2.56. The first-order valence-corrected chi connectivity index (χ1v) is 6.39. The molecule has 1 aliphatic heterocycles. The van der Waals surface area contributed by atoms with Crippen LogP contribution in [0.3, 0.4) is 0 Å². The van der Waals surface area contributed by atoms with Gasteiger partial charge in [-0.2, -0.15) is 5.26 Å². The Bertz CT molecular complexity index is 458. The first kappa shape index (κ1) is 13.1. The van der Waals surface area contributed by atoms with Gasteiger partial charge in [0.25, 0.3) is 0 Å². The predicted molar refractivity (Wildman–Crippen MR) is 70.3 cm³/mol. The molecule has 0 radical (unpaired) electrons. The fourth-order valence-electron chi connectivity index (χ4n) is 2.16. The minimum Gasteiger partial charge on any atom is -0.370 e. The standard InChI is InChI=1S/C13H15ClFN3/c14-12-8-11(2-3-13(12)15)18-7-1-6-17-10(9-18)4-5-16/h2-3,8,10,17H,1,4,6-7,9H2. The summed E-state index contributed by atoms with van der Waals surface area (Å²) < 4.78 is 13.1. The van der Waals surface area contributed by atoms with Gasteiger partial charge in [0.1, 0.15) is 5.82 Å². The summed E-state index contributed by atoms with van der Waals surface area (Å²) in [6.45, 7) is 2.53. The first-order valence-electron chi connectivity index (χ1n) is 6.01. The van der Waals surface area contributed by atoms with Crippen molar-refractivity contribution >= 4 is 17.3 Å². The number of benzene rings is 1. The highest BCUT2D eigenvalue weighted by molar-refractivity contribution is 6.31. The maximum atomic E-state index is 13.1. The van der Waals surface area contributed by atoms with Gasteiger partial charge in [-0.15, -0.1) is 0 Å². The van der Waals surface area contributed by atoms with Crippen molar-refractivity contribution in [2.24, 2.45) is 0 Å². The summed E-state index contributed by atoms with van der Waals surface area (Å²) in [7, 11) is 0. The lowest BCUT2D eigenvalue weighted by molar-refractivity contribution is 0.552. The first-order chi connectivity index (χ1) is 8.70. The molecule has 3 nitrogen and oxygen atoms in total. The quantitative estimate of drug-likeness (QED) is 0.895. The summed E-state index contributed by atoms with van der Waals surface area (Å²) in [4.78, 5) is 2.15. The molecule has 1 aromatic rings. The third-order valence-electron chi connectivity index (χ3n) is 3.08. The van der Waals surface area contributed by atoms with Crippen LogP contribution in [0.1, 0.15) is 12.8 Å². The molecule has 2 rings (SSSR count). The van der Waals surface area contributed by atoms with Crippen molar-refractivity contribution in [3.63, 3.8) is 0 Å². The number of halogens is 2. The normalized spacial score (nSPS) is 20.3. The van der Waals surface area contributed by atoms with Crippen LogP contribution in [0.25, 0.3) is 0 Å². The molecule has 0 aromatic heterocycles. The Morgan fingerprint density at radius 1 is 1.56 bits per heavy atom. The minimum atomic E-state index is -0.401. The summed E-state index contributed by atoms with van der Waals surface area (Å²) in [5.74, 6) is -0.401. The van der Waals surface area contributed by atoms with Crippen molar-refractivity contribution in [1.29, 1.82) is 5.26 Å². The van der Waals surface area contributed by atoms with Crippen LogP contribution in [0.2, 0.25) is 5.02 Å². The van der Waals surface area contributed by atoms with E-state index in [-0.39, 0.29) is 11.1 Å². The molecule has 0 saturated carbocycles. The Labute approximate surface area is 111 Å². The van der Waals surface area contributed by atoms with Crippen LogP contribution in [0.5, 0.6) is 0 Å². The third kappa shape index (κ3) is 3.12. The van der Waals surface area contributed by atoms with Crippen molar-refractivity contribution in [2.45, 2.75) is 18.9 Å². The molecular formula is C13H15ClFN3. The van der Waals surface area contributed by atoms with Crippen LogP contribution < -0.4 is 10.2 Å². The van der Waals surface area contributed by atoms with E-state index in [1.54, 1.807) is 12.1 Å². The molecule has 1 heterocycles. The number of anilines is 1. The van der Waals surface area contributed by atoms with Crippen LogP contribution in [0, 0.1) is 17.1 Å². The molecule has 1 aromatic carbocycles. The van der Waals surface area contributed by atoms with Gasteiger partial charge in [-0.05, 0) is 31.2 Å². The molecule has 0 spiro atoms. The average Bonchev–Trinajstić information content (AvgIpc) is 2.59. The number of nitrogens with zero attached hydrogens (tertiary/aromatic N) is 2. The Kier molecular flexibility index (Phi) is 4.40. The SMILES string of the molecule is N#CCC1CN(c2ccc(F)c(Cl)c2)CCCN1. The molecule has 1 saturated heterocycles. The molecule has 1 aliphatic rings. The molecular weight excluding hydrogens is 253 g/mol. The molecule has 1 atom stereocenters. The van der Waals surface area contributed by atoms with Crippen LogP contribution in [-0.2, 0) is 0 Å². The average molecular weight is 268 g/mol. The van der Waals surface area contributed by atoms with Gasteiger partial charge in [-0.1, -0.05) is 11.6 Å². The van der Waals surface area contributed by atoms with Gasteiger partial charge in [0.2, 0.25) is 0 Å². The number of hydrogen-bond acceptors (Lipinski definition) is 3. The van der Waals surface area contributed by atoms with Crippen molar-refractivity contribution in [3.8, 4) is 6.07 Å². The van der Waals surface area contributed by atoms with E-state index in [1.165, 1.54) is 6.07 Å². The van der Waals surface area contributed by atoms with Gasteiger partial charge >= 0.3 is 0 Å². The summed E-state index contributed by atoms with van der Waals surface area (Å²) in [6, 6.07) is 7.10. The topological polar surface area (TPSA) is 39.1 Å². The van der Waals surface area contributed by atoms with Gasteiger partial charge < -0.3 is 10.2 Å². The van der Waals surface area contributed by atoms with Crippen molar-refractivity contribution < 1.29 is 4.39 Å². The Hall–Kier alpha value is -1.31. The van der Waals surface area contributed by atoms with E-state index in [9.17, 15) is 4.39 Å². The Morgan fingerprint density at radius 2 is 2.39 bits per heavy atom. The lowest BCUT2D eigenvalue weighted by Gasteiger charge is -2.25. The van der Waals surface area contributed by atoms with Crippen molar-refractivity contribution in [1.82, 2.24) is 5.32 Å². The van der Waals surface area contributed by atoms with E-state index < -0.39 is 5.82 Å². The van der Waals surface area contributed by atoms with E-state index in [0.29, 0.717) is 6.42 Å². The van der Waals surface area contributed by atoms with E-state index in [0.717, 1.165) is 31.7 Å². The molecule has 1 fully saturated rings. The third-order valence-corrected chi connectivity index (χ3v) is 3.37. The van der Waals surface area contributed by atoms with Crippen LogP contribution >= 0.6 is 11.6 Å². The van der Waals surface area contributed by atoms with Crippen LogP contribution in [0.15, 0.2) is 18.2 Å². The summed E-state index contributed by atoms with van der Waals surface area (Å²) in [5, 5.41) is 12.2. The lowest BCUT2D eigenvalue weighted by atomic mass is 10.2. The number of nitriles is 1. The number of hydrogen-bond donors (Lipinski definition) is 1. The second-order valence-corrected chi connectivity index (χ2v) is 4.82. The van der Waals surface area contributed by atoms with E-state index in [1.807, 2.05) is 0 Å². The molecule has 1 N–H and O–H groups in total. The minimum absolute atomic E-state index is 0.140. The van der Waals surface area contributed by atoms with E-state index >= 15 is 0 Å². The summed E-state index contributed by atoms with van der Waals surface area (Å²) in [5.41, 5.74) is 0.910. The fraction of sp³-hybridized carbons (Fsp3) is 0.462. The second kappa shape index (κ2) is 6.03. The van der Waals surface area contributed by atoms with Gasteiger partial charge in [0.05, 0.1) is 17.5 Å². The molecule has 1 unspecified atom stereocenters. The van der Waals surface area contributed by atoms with Gasteiger partial charge in [0, 0.05) is 24.8 Å². The van der Waals surface area contributed by atoms with E-state index in [2.05, 4.69) is 16.3 Å². The van der Waals surface area contributed by atoms with Gasteiger partial charge in [-0.25, -0.2) is 4.39 Å². The maximum Gasteiger partial charge on any atom is 0.141 e. The zero-order valence-corrected chi connectivity index (χ0v) is 10.8. The second-order valence-electron chi connectivity index (χ2n) is 4.41. The Morgan fingerprint density at radius 3 is 3.11 bits per heavy atom. The molecule has 96 valence electrons. The van der Waals surface area contributed by atoms with Crippen molar-refractivity contribution in [2.75, 3.05) is 24.5 Å². The van der Waals surface area contributed by atoms with Crippen molar-refractivity contribution in [3.05, 3.63) is 29.0 Å². The van der Waals surface area contributed by atoms with E-state index in [4.69, 9.17) is 16.9 Å². The lowest BCUT2D eigenvalue weighted by Crippen LogP contribution is -2.37. The summed E-state index contributed by atoms with van der Waals surface area (Å²) in [6.07, 6.45) is 1.47. The molecule has 0 aliphatic carbocycles. The fourth-order valence-corrected chi connectivity index (χ4v) is 2.34. The highest BCUT2D eigenvalue weighted by Gasteiger charge is 2.18. The van der Waals surface area contributed by atoms with Gasteiger partial charge in [0.15, 0.2) is 0 Å². The monoisotopic (exact) mass is 267 g/mol. The van der Waals surface area contributed by atoms with Crippen LogP contribution in [-0.4, -0.2) is 25.7 Å². The maximum absolute atomic E-state index is 13.1. The zero-order valence-electron chi connectivity index (χ0n) is 10.00. The molecule has 0 amide bonds. The largest absolute Gasteiger partial charge is 0.370 e. The molecule has 18 heavy (non-hydrogen) atoms. The molecule has 5 heteroatoms. The highest BCUT2D eigenvalue weighted by atomic mass is 35.5. The molecule has 0 bridgehead atoms. The van der Waals surface area contributed by atoms with Crippen LogP contribution in [0.4, 0.5) is 10.1 Å². The smallest absolute Gasteiger partial charge is 0.141 e. The van der Waals surface area contributed by atoms with Gasteiger partial charge in [-0.3, -0.25) is 0 Å². The Balaban J connectivity index is 2.15.